The van der Waals surface area contributed by atoms with Gasteiger partial charge in [0.25, 0.3) is 0 Å². The van der Waals surface area contributed by atoms with Gasteiger partial charge in [-0.3, -0.25) is 0 Å². The second-order valence-corrected chi connectivity index (χ2v) is 9.43. The molecule has 0 bridgehead atoms. The minimum atomic E-state index is -1.22. The number of benzene rings is 2. The number of carboxylic acid groups (broad SMARTS) is 1. The predicted molar refractivity (Wildman–Crippen MR) is 126 cm³/mol. The number of anilines is 1. The van der Waals surface area contributed by atoms with Crippen molar-refractivity contribution in [3.05, 3.63) is 56.5 Å². The Balaban J connectivity index is 2.34. The molecule has 32 heavy (non-hydrogen) atoms. The molecule has 0 aliphatic carbocycles. The number of nitrogens with zero attached hydrogens (tertiary/aromatic N) is 1. The quantitative estimate of drug-likeness (QED) is 0.121. The van der Waals surface area contributed by atoms with E-state index in [4.69, 9.17) is 20.4 Å². The van der Waals surface area contributed by atoms with E-state index in [0.29, 0.717) is 20.2 Å². The molecule has 1 unspecified atom stereocenters. The van der Waals surface area contributed by atoms with Crippen LogP contribution in [0.25, 0.3) is 0 Å². The van der Waals surface area contributed by atoms with E-state index < -0.39 is 30.2 Å². The fourth-order valence-electron chi connectivity index (χ4n) is 2.68. The van der Waals surface area contributed by atoms with E-state index in [9.17, 15) is 14.7 Å². The number of carboxylic acids is 1. The van der Waals surface area contributed by atoms with Crippen LogP contribution < -0.4 is 15.8 Å². The Morgan fingerprint density at radius 3 is 2.34 bits per heavy atom. The van der Waals surface area contributed by atoms with Crippen molar-refractivity contribution in [3.63, 3.8) is 0 Å². The molecule has 2 aromatic carbocycles. The summed E-state index contributed by atoms with van der Waals surface area (Å²) in [5, 5.41) is 24.5. The number of carbonyl (C=O) groups excluding carboxylic acids is 1. The van der Waals surface area contributed by atoms with Crippen molar-refractivity contribution < 1.29 is 29.4 Å². The van der Waals surface area contributed by atoms with Crippen LogP contribution in [0.1, 0.15) is 37.9 Å². The maximum atomic E-state index is 12.1. The number of amidine groups is 1. The lowest BCUT2D eigenvalue weighted by Crippen LogP contribution is -2.28. The summed E-state index contributed by atoms with van der Waals surface area (Å²) >= 11 is 6.72. The van der Waals surface area contributed by atoms with Crippen LogP contribution in [-0.2, 0) is 14.3 Å². The first-order valence-corrected chi connectivity index (χ1v) is 10.9. The maximum Gasteiger partial charge on any atom is 0.344 e. The molecule has 0 radical (unpaired) electrons. The van der Waals surface area contributed by atoms with E-state index in [1.807, 2.05) is 0 Å². The molecular formula is C21H23Br2N3O6. The van der Waals surface area contributed by atoms with Crippen LogP contribution in [-0.4, -0.2) is 40.3 Å². The first-order valence-electron chi connectivity index (χ1n) is 9.32. The number of ether oxygens (including phenoxy) is 2. The molecule has 0 heterocycles. The van der Waals surface area contributed by atoms with Gasteiger partial charge in [0.15, 0.2) is 18.5 Å². The lowest BCUT2D eigenvalue weighted by Gasteiger charge is -2.22. The number of halogens is 2. The highest BCUT2D eigenvalue weighted by molar-refractivity contribution is 9.11. The summed E-state index contributed by atoms with van der Waals surface area (Å²) in [5.41, 5.74) is 6.10. The van der Waals surface area contributed by atoms with Gasteiger partial charge in [-0.05, 0) is 73.1 Å². The van der Waals surface area contributed by atoms with Crippen molar-refractivity contribution in [1.82, 2.24) is 0 Å². The first-order chi connectivity index (χ1) is 14.9. The largest absolute Gasteiger partial charge is 0.480 e. The van der Waals surface area contributed by atoms with Crippen LogP contribution in [0.4, 0.5) is 5.69 Å². The molecule has 0 spiro atoms. The van der Waals surface area contributed by atoms with Gasteiger partial charge in [-0.25, -0.2) is 9.59 Å². The first kappa shape index (κ1) is 25.5. The van der Waals surface area contributed by atoms with Crippen molar-refractivity contribution in [1.29, 1.82) is 0 Å². The molecule has 5 N–H and O–H groups in total. The molecule has 2 aromatic rings. The Kier molecular flexibility index (Phi) is 8.51. The average Bonchev–Trinajstić information content (AvgIpc) is 2.69. The topological polar surface area (TPSA) is 143 Å². The molecule has 9 nitrogen and oxygen atoms in total. The molecular weight excluding hydrogens is 550 g/mol. The zero-order valence-corrected chi connectivity index (χ0v) is 20.7. The fourth-order valence-corrected chi connectivity index (χ4v) is 4.06. The highest BCUT2D eigenvalue weighted by atomic mass is 79.9. The van der Waals surface area contributed by atoms with Crippen molar-refractivity contribution in [3.8, 4) is 5.75 Å². The molecule has 11 heteroatoms. The number of hydrogen-bond acceptors (Lipinski definition) is 7. The third-order valence-electron chi connectivity index (χ3n) is 3.95. The van der Waals surface area contributed by atoms with Crippen LogP contribution in [0, 0.1) is 0 Å². The van der Waals surface area contributed by atoms with Crippen LogP contribution in [0.2, 0.25) is 0 Å². The van der Waals surface area contributed by atoms with Gasteiger partial charge >= 0.3 is 11.9 Å². The SMILES string of the molecule is CC(C)(C)OC(=O)COc1c(Br)cc(Br)cc1C(Nc1ccc(/C(N)=N\O)cc1)C(=O)O. The molecule has 2 rings (SSSR count). The Hall–Kier alpha value is -2.79. The minimum Gasteiger partial charge on any atom is -0.480 e. The predicted octanol–water partition coefficient (Wildman–Crippen LogP) is 4.26. The minimum absolute atomic E-state index is 0.0694. The number of hydrogen-bond donors (Lipinski definition) is 4. The summed E-state index contributed by atoms with van der Waals surface area (Å²) in [6.45, 7) is 4.82. The second kappa shape index (κ2) is 10.7. The number of nitrogens with one attached hydrogen (secondary N) is 1. The van der Waals surface area contributed by atoms with Gasteiger partial charge < -0.3 is 30.8 Å². The molecule has 0 aliphatic heterocycles. The number of rotatable bonds is 8. The monoisotopic (exact) mass is 571 g/mol. The van der Waals surface area contributed by atoms with Crippen molar-refractivity contribution in [2.75, 3.05) is 11.9 Å². The summed E-state index contributed by atoms with van der Waals surface area (Å²) in [7, 11) is 0. The molecule has 172 valence electrons. The second-order valence-electron chi connectivity index (χ2n) is 7.66. The van der Waals surface area contributed by atoms with Gasteiger partial charge in [-0.1, -0.05) is 21.1 Å². The van der Waals surface area contributed by atoms with E-state index in [0.717, 1.165) is 0 Å². The fraction of sp³-hybridized carbons (Fsp3) is 0.286. The molecule has 0 amide bonds. The van der Waals surface area contributed by atoms with Crippen molar-refractivity contribution in [2.45, 2.75) is 32.4 Å². The van der Waals surface area contributed by atoms with E-state index in [1.165, 1.54) is 0 Å². The number of oxime groups is 1. The molecule has 0 aliphatic rings. The van der Waals surface area contributed by atoms with E-state index in [2.05, 4.69) is 42.3 Å². The lowest BCUT2D eigenvalue weighted by atomic mass is 10.0. The average molecular weight is 573 g/mol. The van der Waals surface area contributed by atoms with Gasteiger partial charge in [-0.2, -0.15) is 0 Å². The highest BCUT2D eigenvalue weighted by Crippen LogP contribution is 2.38. The summed E-state index contributed by atoms with van der Waals surface area (Å²) < 4.78 is 12.0. The number of nitrogens with two attached hydrogens (primary N) is 1. The van der Waals surface area contributed by atoms with Gasteiger partial charge in [0.05, 0.1) is 4.47 Å². The van der Waals surface area contributed by atoms with E-state index >= 15 is 0 Å². The lowest BCUT2D eigenvalue weighted by molar-refractivity contribution is -0.157. The van der Waals surface area contributed by atoms with Crippen LogP contribution >= 0.6 is 31.9 Å². The zero-order valence-electron chi connectivity index (χ0n) is 17.6. The molecule has 0 saturated heterocycles. The Morgan fingerprint density at radius 1 is 1.19 bits per heavy atom. The summed E-state index contributed by atoms with van der Waals surface area (Å²) in [6, 6.07) is 8.40. The smallest absolute Gasteiger partial charge is 0.344 e. The third-order valence-corrected chi connectivity index (χ3v) is 5.00. The van der Waals surface area contributed by atoms with Crippen LogP contribution in [0.5, 0.6) is 5.75 Å². The Bertz CT molecular complexity index is 1020. The van der Waals surface area contributed by atoms with Crippen LogP contribution in [0.3, 0.4) is 0 Å². The van der Waals surface area contributed by atoms with Gasteiger partial charge in [0, 0.05) is 21.3 Å². The Labute approximate surface area is 201 Å². The van der Waals surface area contributed by atoms with Gasteiger partial charge in [-0.15, -0.1) is 0 Å². The van der Waals surface area contributed by atoms with E-state index in [-0.39, 0.29) is 17.1 Å². The summed E-state index contributed by atoms with van der Waals surface area (Å²) in [6.07, 6.45) is 0. The summed E-state index contributed by atoms with van der Waals surface area (Å²) in [5.74, 6) is -1.64. The van der Waals surface area contributed by atoms with Crippen LogP contribution in [0.15, 0.2) is 50.5 Å². The third kappa shape index (κ3) is 7.13. The number of aliphatic carboxylic acids is 1. The normalized spacial score (nSPS) is 12.7. The number of esters is 1. The van der Waals surface area contributed by atoms with Gasteiger partial charge in [0.2, 0.25) is 0 Å². The Morgan fingerprint density at radius 2 is 1.81 bits per heavy atom. The zero-order chi connectivity index (χ0) is 24.1. The highest BCUT2D eigenvalue weighted by Gasteiger charge is 2.27. The van der Waals surface area contributed by atoms with Crippen molar-refractivity contribution >= 4 is 55.3 Å². The summed E-state index contributed by atoms with van der Waals surface area (Å²) in [4.78, 5) is 24.2. The standard InChI is InChI=1S/C21H23Br2N3O6/c1-21(2,3)32-16(27)10-31-18-14(8-12(22)9-15(18)23)17(20(28)29)25-13-6-4-11(5-7-13)19(24)26-30/h4-9,17,25,30H,10H2,1-3H3,(H2,24,26)(H,28,29). The maximum absolute atomic E-state index is 12.1. The molecule has 0 aromatic heterocycles. The molecule has 0 saturated carbocycles. The van der Waals surface area contributed by atoms with E-state index in [1.54, 1.807) is 57.2 Å². The van der Waals surface area contributed by atoms with Crippen molar-refractivity contribution in [2.24, 2.45) is 10.9 Å². The molecule has 0 fully saturated rings. The van der Waals surface area contributed by atoms with Gasteiger partial charge in [0.1, 0.15) is 11.4 Å². The number of carbonyl (C=O) groups is 2. The molecule has 1 atom stereocenters.